The zero-order chi connectivity index (χ0) is 23.4. The van der Waals surface area contributed by atoms with E-state index in [1.165, 1.54) is 12.3 Å². The van der Waals surface area contributed by atoms with Gasteiger partial charge in [-0.05, 0) is 132 Å². The summed E-state index contributed by atoms with van der Waals surface area (Å²) in [4.78, 5) is 15.9. The summed E-state index contributed by atoms with van der Waals surface area (Å²) in [7, 11) is 0. The number of hydrogen-bond donors (Lipinski definition) is 3. The Morgan fingerprint density at radius 2 is 1.56 bits per heavy atom. The molecule has 3 aromatic carbocycles. The normalized spacial score (nSPS) is 12.1. The summed E-state index contributed by atoms with van der Waals surface area (Å²) in [6.07, 6.45) is 1.58. The van der Waals surface area contributed by atoms with Gasteiger partial charge in [-0.2, -0.15) is 0 Å². The minimum atomic E-state index is -1.05. The molecule has 0 aliphatic carbocycles. The number of halogens is 4. The fourth-order valence-corrected chi connectivity index (χ4v) is 6.57. The molecule has 0 heterocycles. The van der Waals surface area contributed by atoms with E-state index in [0.29, 0.717) is 24.2 Å². The van der Waals surface area contributed by atoms with Crippen LogP contribution >= 0.6 is 90.4 Å². The van der Waals surface area contributed by atoms with E-state index in [1.54, 1.807) is 30.3 Å². The lowest BCUT2D eigenvalue weighted by molar-refractivity contribution is -0.138. The Morgan fingerprint density at radius 1 is 0.969 bits per heavy atom. The maximum Gasteiger partial charge on any atom is 0.328 e. The fraction of sp³-hybridized carbons (Fsp3) is 0.0909. The zero-order valence-electron chi connectivity index (χ0n) is 16.1. The van der Waals surface area contributed by atoms with Crippen LogP contribution < -0.4 is 4.74 Å². The molecule has 0 aliphatic heterocycles. The lowest BCUT2D eigenvalue weighted by Gasteiger charge is -2.14. The Morgan fingerprint density at radius 3 is 2.12 bits per heavy atom. The molecule has 0 fully saturated rings. The third-order valence-electron chi connectivity index (χ3n) is 4.31. The molecule has 0 aliphatic rings. The first-order chi connectivity index (χ1) is 15.2. The van der Waals surface area contributed by atoms with Crippen molar-refractivity contribution in [2.24, 2.45) is 4.99 Å². The van der Waals surface area contributed by atoms with Crippen molar-refractivity contribution in [3.05, 3.63) is 73.9 Å². The van der Waals surface area contributed by atoms with Gasteiger partial charge in [-0.15, -0.1) is 0 Å². The summed E-state index contributed by atoms with van der Waals surface area (Å²) >= 11 is 8.42. The van der Waals surface area contributed by atoms with E-state index in [1.807, 2.05) is 12.1 Å². The number of nitrogens with zero attached hydrogens (tertiary/aromatic N) is 1. The first kappa shape index (κ1) is 25.7. The molecule has 3 aromatic rings. The molecule has 0 saturated heterocycles. The lowest BCUT2D eigenvalue weighted by Crippen LogP contribution is -2.21. The van der Waals surface area contributed by atoms with Gasteiger partial charge >= 0.3 is 5.97 Å². The molecule has 3 N–H and O–H groups in total. The van der Waals surface area contributed by atoms with E-state index < -0.39 is 12.0 Å². The number of hydrogen-bond acceptors (Lipinski definition) is 5. The van der Waals surface area contributed by atoms with Gasteiger partial charge in [0.2, 0.25) is 0 Å². The molecule has 0 amide bonds. The Kier molecular flexibility index (Phi) is 9.25. The summed E-state index contributed by atoms with van der Waals surface area (Å²) in [5.74, 6) is 0.495. The Labute approximate surface area is 239 Å². The van der Waals surface area contributed by atoms with Crippen LogP contribution in [0.25, 0.3) is 0 Å². The van der Waals surface area contributed by atoms with Gasteiger partial charge in [-0.3, -0.25) is 4.99 Å². The first-order valence-corrected chi connectivity index (χ1v) is 13.3. The van der Waals surface area contributed by atoms with Gasteiger partial charge < -0.3 is 20.1 Å². The number of aromatic hydroxyl groups is 2. The second-order valence-electron chi connectivity index (χ2n) is 6.62. The van der Waals surface area contributed by atoms with Gasteiger partial charge in [0.15, 0.2) is 11.8 Å². The zero-order valence-corrected chi connectivity index (χ0v) is 24.7. The van der Waals surface area contributed by atoms with Gasteiger partial charge in [0.25, 0.3) is 0 Å². The number of aliphatic imine (C=N–C) groups is 1. The van der Waals surface area contributed by atoms with Crippen LogP contribution in [-0.4, -0.2) is 33.5 Å². The Hall–Kier alpha value is -0.880. The number of benzene rings is 3. The Bertz CT molecular complexity index is 1150. The molecule has 0 saturated carbocycles. The van der Waals surface area contributed by atoms with Crippen LogP contribution in [0.3, 0.4) is 0 Å². The van der Waals surface area contributed by atoms with Crippen LogP contribution in [0.4, 0.5) is 0 Å². The molecule has 1 atom stereocenters. The van der Waals surface area contributed by atoms with Gasteiger partial charge in [0.1, 0.15) is 17.2 Å². The molecule has 32 heavy (non-hydrogen) atoms. The van der Waals surface area contributed by atoms with Gasteiger partial charge in [0, 0.05) is 18.2 Å². The maximum absolute atomic E-state index is 11.8. The number of carboxylic acid groups (broad SMARTS) is 1. The van der Waals surface area contributed by atoms with Gasteiger partial charge in [-0.1, -0.05) is 12.1 Å². The Balaban J connectivity index is 1.83. The van der Waals surface area contributed by atoms with Crippen molar-refractivity contribution in [3.63, 3.8) is 0 Å². The summed E-state index contributed by atoms with van der Waals surface area (Å²) in [6, 6.07) is 12.9. The summed E-state index contributed by atoms with van der Waals surface area (Å²) in [5.41, 5.74) is 1.27. The number of phenols is 2. The number of para-hydroxylation sites is 1. The van der Waals surface area contributed by atoms with Crippen molar-refractivity contribution >= 4 is 103 Å². The topological polar surface area (TPSA) is 99.4 Å². The molecule has 0 radical (unpaired) electrons. The minimum absolute atomic E-state index is 0.0459. The highest BCUT2D eigenvalue weighted by molar-refractivity contribution is 14.1. The molecule has 0 bridgehead atoms. The summed E-state index contributed by atoms with van der Waals surface area (Å²) in [5, 5.41) is 29.4. The van der Waals surface area contributed by atoms with Crippen LogP contribution in [0.1, 0.15) is 11.1 Å². The minimum Gasteiger partial charge on any atom is -0.507 e. The fourth-order valence-electron chi connectivity index (χ4n) is 2.74. The summed E-state index contributed by atoms with van der Waals surface area (Å²) < 4.78 is 9.12. The van der Waals surface area contributed by atoms with Crippen molar-refractivity contribution in [1.29, 1.82) is 0 Å². The molecular weight excluding hydrogens is 866 g/mol. The predicted octanol–water partition coefficient (Wildman–Crippen LogP) is 6.42. The number of carbonyl (C=O) groups is 1. The highest BCUT2D eigenvalue weighted by Crippen LogP contribution is 2.37. The van der Waals surface area contributed by atoms with Crippen LogP contribution in [0.5, 0.6) is 23.0 Å². The molecule has 0 aromatic heterocycles. The maximum atomic E-state index is 11.8. The molecule has 10 heteroatoms. The monoisotopic (exact) mass is 881 g/mol. The van der Waals surface area contributed by atoms with Crippen LogP contribution in [0.2, 0.25) is 0 Å². The molecule has 6 nitrogen and oxygen atoms in total. The quantitative estimate of drug-likeness (QED) is 0.188. The van der Waals surface area contributed by atoms with Gasteiger partial charge in [0.05, 0.1) is 14.3 Å². The average Bonchev–Trinajstić information content (AvgIpc) is 2.72. The highest BCUT2D eigenvalue weighted by Gasteiger charge is 2.19. The second kappa shape index (κ2) is 11.5. The lowest BCUT2D eigenvalue weighted by atomic mass is 10.1. The third kappa shape index (κ3) is 6.59. The van der Waals surface area contributed by atoms with E-state index in [9.17, 15) is 20.1 Å². The number of rotatable bonds is 7. The van der Waals surface area contributed by atoms with Crippen LogP contribution in [0, 0.1) is 14.3 Å². The van der Waals surface area contributed by atoms with Crippen molar-refractivity contribution in [2.45, 2.75) is 12.5 Å². The van der Waals surface area contributed by atoms with E-state index in [2.05, 4.69) is 95.4 Å². The average molecular weight is 881 g/mol. The van der Waals surface area contributed by atoms with E-state index in [4.69, 9.17) is 4.74 Å². The second-order valence-corrected chi connectivity index (χ2v) is 11.3. The van der Waals surface area contributed by atoms with Crippen molar-refractivity contribution in [1.82, 2.24) is 0 Å². The highest BCUT2D eigenvalue weighted by atomic mass is 127. The largest absolute Gasteiger partial charge is 0.507 e. The molecule has 0 unspecified atom stereocenters. The standard InChI is InChI=1S/C22H15I4NO5/c23-14-8-13(9-15(24)20(14)29)32-21-16(25)5-11(6-17(21)26)7-18(22(30)31)27-10-12-3-1-2-4-19(12)28/h1-6,8-10,18,28-29H,7H2,(H,30,31)/t18-/m0/s1. The van der Waals surface area contributed by atoms with Crippen molar-refractivity contribution in [3.8, 4) is 23.0 Å². The smallest absolute Gasteiger partial charge is 0.328 e. The molecule has 166 valence electrons. The van der Waals surface area contributed by atoms with Crippen LogP contribution in [-0.2, 0) is 11.2 Å². The number of carboxylic acids is 1. The number of ether oxygens (including phenoxy) is 1. The third-order valence-corrected chi connectivity index (χ3v) is 7.56. The van der Waals surface area contributed by atoms with Crippen molar-refractivity contribution in [2.75, 3.05) is 0 Å². The number of aliphatic carboxylic acids is 1. The SMILES string of the molecule is O=C(O)[C@H](Cc1cc(I)c(Oc2cc(I)c(O)c(I)c2)c(I)c1)N=Cc1ccccc1O. The van der Waals surface area contributed by atoms with E-state index in [0.717, 1.165) is 12.7 Å². The number of phenolic OH excluding ortho intramolecular Hbond substituents is 2. The first-order valence-electron chi connectivity index (χ1n) is 9.03. The van der Waals surface area contributed by atoms with Gasteiger partial charge in [-0.25, -0.2) is 4.79 Å². The molecular formula is C22H15I4NO5. The van der Waals surface area contributed by atoms with E-state index >= 15 is 0 Å². The van der Waals surface area contributed by atoms with Crippen molar-refractivity contribution < 1.29 is 24.9 Å². The predicted molar refractivity (Wildman–Crippen MR) is 156 cm³/mol. The molecule has 3 rings (SSSR count). The molecule has 0 spiro atoms. The summed E-state index contributed by atoms with van der Waals surface area (Å²) in [6.45, 7) is 0. The van der Waals surface area contributed by atoms with Crippen LogP contribution in [0.15, 0.2) is 53.5 Å². The van der Waals surface area contributed by atoms with E-state index in [-0.39, 0.29) is 17.9 Å².